The van der Waals surface area contributed by atoms with Crippen LogP contribution in [0.4, 0.5) is 0 Å². The second kappa shape index (κ2) is 9.17. The van der Waals surface area contributed by atoms with Crippen molar-refractivity contribution < 1.29 is 25.1 Å². The highest BCUT2D eigenvalue weighted by Gasteiger charge is 2.16. The van der Waals surface area contributed by atoms with E-state index in [0.29, 0.717) is 16.8 Å². The minimum atomic E-state index is -0.860. The predicted molar refractivity (Wildman–Crippen MR) is 77.5 cm³/mol. The summed E-state index contributed by atoms with van der Waals surface area (Å²) in [6.45, 7) is 0.0135. The third-order valence-corrected chi connectivity index (χ3v) is 3.03. The first-order valence-corrected chi connectivity index (χ1v) is 6.67. The van der Waals surface area contributed by atoms with E-state index in [9.17, 15) is 15.2 Å². The van der Waals surface area contributed by atoms with Crippen LogP contribution in [0.5, 0.6) is 5.75 Å². The molecular formula is C12H19BClNO5. The van der Waals surface area contributed by atoms with Gasteiger partial charge in [0.1, 0.15) is 5.75 Å². The fourth-order valence-electron chi connectivity index (χ4n) is 1.78. The fraction of sp³-hybridized carbons (Fsp3) is 0.500. The van der Waals surface area contributed by atoms with Crippen LogP contribution >= 0.6 is 11.8 Å². The first-order chi connectivity index (χ1) is 9.63. The van der Waals surface area contributed by atoms with Crippen molar-refractivity contribution in [3.05, 3.63) is 23.8 Å². The van der Waals surface area contributed by atoms with Gasteiger partial charge >= 0.3 is 7.48 Å². The lowest BCUT2D eigenvalue weighted by Crippen LogP contribution is -2.27. The first-order valence-electron chi connectivity index (χ1n) is 6.30. The lowest BCUT2D eigenvalue weighted by atomic mass is 9.81. The highest BCUT2D eigenvalue weighted by Crippen LogP contribution is 2.16. The van der Waals surface area contributed by atoms with Gasteiger partial charge in [-0.05, 0) is 28.9 Å². The van der Waals surface area contributed by atoms with Crippen molar-refractivity contribution in [3.8, 4) is 5.75 Å². The maximum absolute atomic E-state index is 9.92. The number of hydrogen-bond donors (Lipinski definition) is 5. The van der Waals surface area contributed by atoms with Crippen LogP contribution in [0.2, 0.25) is 0 Å². The van der Waals surface area contributed by atoms with Gasteiger partial charge in [0.05, 0.1) is 25.4 Å². The van der Waals surface area contributed by atoms with Crippen LogP contribution in [-0.4, -0.2) is 53.7 Å². The molecule has 0 heterocycles. The Morgan fingerprint density at radius 3 is 2.70 bits per heavy atom. The Morgan fingerprint density at radius 2 is 2.10 bits per heavy atom. The van der Waals surface area contributed by atoms with Crippen molar-refractivity contribution in [1.82, 2.24) is 4.84 Å². The summed E-state index contributed by atoms with van der Waals surface area (Å²) in [6, 6.07) is 5.05. The molecule has 0 aliphatic heterocycles. The quantitative estimate of drug-likeness (QED) is 0.283. The summed E-state index contributed by atoms with van der Waals surface area (Å²) in [6.07, 6.45) is -1.42. The molecule has 0 aliphatic carbocycles. The highest BCUT2D eigenvalue weighted by molar-refractivity contribution is 6.47. The number of benzene rings is 1. The number of rotatable bonds is 9. The Hall–Kier alpha value is -0.825. The van der Waals surface area contributed by atoms with E-state index in [1.807, 2.05) is 0 Å². The molecule has 0 aliphatic rings. The van der Waals surface area contributed by atoms with Gasteiger partial charge in [0, 0.05) is 13.0 Å². The van der Waals surface area contributed by atoms with E-state index >= 15 is 0 Å². The Labute approximate surface area is 123 Å². The van der Waals surface area contributed by atoms with Crippen LogP contribution in [0.25, 0.3) is 0 Å². The minimum absolute atomic E-state index is 0.140. The fourth-order valence-corrected chi connectivity index (χ4v) is 1.92. The van der Waals surface area contributed by atoms with Gasteiger partial charge in [0.15, 0.2) is 0 Å². The third-order valence-electron chi connectivity index (χ3n) is 2.88. The lowest BCUT2D eigenvalue weighted by Gasteiger charge is -2.17. The van der Waals surface area contributed by atoms with Gasteiger partial charge in [-0.25, -0.2) is 4.84 Å². The average molecular weight is 304 g/mol. The molecule has 0 saturated carbocycles. The molecular weight excluding hydrogens is 284 g/mol. The Morgan fingerprint density at radius 1 is 1.35 bits per heavy atom. The zero-order valence-electron chi connectivity index (χ0n) is 11.0. The normalized spacial score (nSPS) is 13.8. The van der Waals surface area contributed by atoms with Gasteiger partial charge in [-0.3, -0.25) is 0 Å². The molecule has 0 amide bonds. The third kappa shape index (κ3) is 4.94. The Kier molecular flexibility index (Phi) is 7.90. The molecule has 5 N–H and O–H groups in total. The van der Waals surface area contributed by atoms with Crippen molar-refractivity contribution in [2.24, 2.45) is 0 Å². The van der Waals surface area contributed by atoms with E-state index in [0.717, 1.165) is 0 Å². The summed E-state index contributed by atoms with van der Waals surface area (Å²) < 4.78 is 5.47. The number of aliphatic hydroxyl groups excluding tert-OH is 3. The molecule has 0 aromatic heterocycles. The molecule has 1 aromatic rings. The van der Waals surface area contributed by atoms with Crippen molar-refractivity contribution >= 4 is 24.7 Å². The summed E-state index contributed by atoms with van der Waals surface area (Å²) in [4.78, 5) is 2.34. The molecule has 1 unspecified atom stereocenters. The van der Waals surface area contributed by atoms with Gasteiger partial charge in [-0.1, -0.05) is 12.1 Å². The standard InChI is InChI=1S/C12H19BClNO5/c14-15-6-10(18)9-2-1-3-11(12(9)13-19)20-5-4-8(17)7-16/h1-3,8,10,13,15-19H,4-7H2/t8-,10?/m0/s1. The van der Waals surface area contributed by atoms with E-state index in [1.165, 1.54) is 0 Å². The van der Waals surface area contributed by atoms with E-state index in [1.54, 1.807) is 18.2 Å². The van der Waals surface area contributed by atoms with Crippen molar-refractivity contribution in [2.75, 3.05) is 19.8 Å². The molecule has 0 spiro atoms. The maximum Gasteiger partial charge on any atom is 0.308 e. The topological polar surface area (TPSA) is 102 Å². The number of hydrogen-bond acceptors (Lipinski definition) is 6. The smallest absolute Gasteiger partial charge is 0.308 e. The Bertz CT molecular complexity index is 409. The van der Waals surface area contributed by atoms with Crippen LogP contribution in [0.3, 0.4) is 0 Å². The lowest BCUT2D eigenvalue weighted by molar-refractivity contribution is 0.0755. The molecule has 1 rings (SSSR count). The van der Waals surface area contributed by atoms with Gasteiger partial charge in [-0.2, -0.15) is 0 Å². The first kappa shape index (κ1) is 17.2. The summed E-state index contributed by atoms with van der Waals surface area (Å²) in [5, 5.41) is 37.3. The van der Waals surface area contributed by atoms with Crippen LogP contribution < -0.4 is 15.0 Å². The van der Waals surface area contributed by atoms with Gasteiger partial charge < -0.3 is 25.1 Å². The maximum atomic E-state index is 9.92. The second-order valence-corrected chi connectivity index (χ2v) is 4.58. The average Bonchev–Trinajstić information content (AvgIpc) is 2.46. The molecule has 0 fully saturated rings. The summed E-state index contributed by atoms with van der Waals surface area (Å²) in [7, 11) is -0.284. The highest BCUT2D eigenvalue weighted by atomic mass is 35.5. The van der Waals surface area contributed by atoms with E-state index < -0.39 is 12.2 Å². The number of ether oxygens (including phenoxy) is 1. The molecule has 6 nitrogen and oxygen atoms in total. The summed E-state index contributed by atoms with van der Waals surface area (Å²) in [5.41, 5.74) is 1.01. The van der Waals surface area contributed by atoms with Crippen LogP contribution in [0, 0.1) is 0 Å². The number of halogens is 1. The summed E-state index contributed by atoms with van der Waals surface area (Å²) >= 11 is 5.36. The van der Waals surface area contributed by atoms with Crippen molar-refractivity contribution in [3.63, 3.8) is 0 Å². The van der Waals surface area contributed by atoms with Crippen LogP contribution in [0.15, 0.2) is 18.2 Å². The van der Waals surface area contributed by atoms with E-state index in [4.69, 9.17) is 21.6 Å². The molecule has 0 saturated heterocycles. The zero-order chi connectivity index (χ0) is 15.0. The molecule has 20 heavy (non-hydrogen) atoms. The van der Waals surface area contributed by atoms with Gasteiger partial charge in [-0.15, -0.1) is 0 Å². The molecule has 0 radical (unpaired) electrons. The van der Waals surface area contributed by atoms with Crippen molar-refractivity contribution in [2.45, 2.75) is 18.6 Å². The molecule has 8 heteroatoms. The van der Waals surface area contributed by atoms with E-state index in [-0.39, 0.29) is 33.7 Å². The predicted octanol–water partition coefficient (Wildman–Crippen LogP) is -1.45. The van der Waals surface area contributed by atoms with Gasteiger partial charge in [0.2, 0.25) is 0 Å². The zero-order valence-corrected chi connectivity index (χ0v) is 11.8. The second-order valence-electron chi connectivity index (χ2n) is 4.31. The molecule has 112 valence electrons. The minimum Gasteiger partial charge on any atom is -0.494 e. The summed E-state index contributed by atoms with van der Waals surface area (Å²) in [5.74, 6) is 0.434. The van der Waals surface area contributed by atoms with Crippen LogP contribution in [0.1, 0.15) is 18.1 Å². The van der Waals surface area contributed by atoms with Crippen molar-refractivity contribution in [1.29, 1.82) is 0 Å². The monoisotopic (exact) mass is 303 g/mol. The molecule has 2 atom stereocenters. The largest absolute Gasteiger partial charge is 0.494 e. The number of nitrogens with one attached hydrogen (secondary N) is 1. The van der Waals surface area contributed by atoms with E-state index in [2.05, 4.69) is 4.84 Å². The SMILES string of the molecule is OBc1c(OCC[C@H](O)CO)cccc1C(O)CNCl. The Balaban J connectivity index is 2.78. The van der Waals surface area contributed by atoms with Gasteiger partial charge in [0.25, 0.3) is 0 Å². The van der Waals surface area contributed by atoms with Crippen LogP contribution in [-0.2, 0) is 0 Å². The number of aliphatic hydroxyl groups is 3. The molecule has 0 bridgehead atoms. The molecule has 1 aromatic carbocycles.